The van der Waals surface area contributed by atoms with Gasteiger partial charge in [0.15, 0.2) is 0 Å². The van der Waals surface area contributed by atoms with Gasteiger partial charge in [0.25, 0.3) is 5.91 Å². The van der Waals surface area contributed by atoms with Crippen LogP contribution >= 0.6 is 0 Å². The highest BCUT2D eigenvalue weighted by Gasteiger charge is 2.15. The molecule has 1 heterocycles. The largest absolute Gasteiger partial charge is 0.364 e. The third-order valence-corrected chi connectivity index (χ3v) is 4.17. The monoisotopic (exact) mass is 281 g/mol. The summed E-state index contributed by atoms with van der Waals surface area (Å²) in [4.78, 5) is 19.4. The van der Waals surface area contributed by atoms with Gasteiger partial charge in [-0.3, -0.25) is 9.78 Å². The lowest BCUT2D eigenvalue weighted by Gasteiger charge is -2.22. The van der Waals surface area contributed by atoms with E-state index >= 15 is 0 Å². The van der Waals surface area contributed by atoms with Gasteiger partial charge in [0.2, 0.25) is 0 Å². The van der Waals surface area contributed by atoms with Crippen LogP contribution in [0, 0.1) is 0 Å². The van der Waals surface area contributed by atoms with E-state index in [0.717, 1.165) is 5.56 Å². The van der Waals surface area contributed by atoms with Crippen LogP contribution in [0.15, 0.2) is 36.7 Å². The molecule has 108 valence electrons. The molecule has 1 aliphatic carbocycles. The number of hydrogen-bond acceptors (Lipinski definition) is 3. The maximum Gasteiger partial charge on any atom is 0.268 e. The van der Waals surface area contributed by atoms with Crippen molar-refractivity contribution in [3.8, 4) is 11.3 Å². The summed E-state index contributed by atoms with van der Waals surface area (Å²) in [5, 5.41) is 0. The molecule has 1 amide bonds. The summed E-state index contributed by atoms with van der Waals surface area (Å²) in [6, 6.07) is 8.45. The van der Waals surface area contributed by atoms with E-state index in [1.54, 1.807) is 6.20 Å². The van der Waals surface area contributed by atoms with Crippen molar-refractivity contribution < 1.29 is 4.79 Å². The Labute approximate surface area is 124 Å². The Bertz CT molecular complexity index is 631. The van der Waals surface area contributed by atoms with Gasteiger partial charge < -0.3 is 5.73 Å². The normalized spacial score (nSPS) is 15.8. The van der Waals surface area contributed by atoms with E-state index in [4.69, 9.17) is 5.73 Å². The molecule has 0 bridgehead atoms. The van der Waals surface area contributed by atoms with Crippen molar-refractivity contribution >= 4 is 5.91 Å². The van der Waals surface area contributed by atoms with E-state index in [1.165, 1.54) is 43.9 Å². The van der Waals surface area contributed by atoms with Crippen LogP contribution in [-0.4, -0.2) is 15.9 Å². The molecule has 1 saturated carbocycles. The van der Waals surface area contributed by atoms with Gasteiger partial charge >= 0.3 is 0 Å². The lowest BCUT2D eigenvalue weighted by atomic mass is 9.84. The summed E-state index contributed by atoms with van der Waals surface area (Å²) < 4.78 is 0. The van der Waals surface area contributed by atoms with E-state index in [2.05, 4.69) is 34.2 Å². The zero-order chi connectivity index (χ0) is 14.7. The van der Waals surface area contributed by atoms with Gasteiger partial charge in [-0.05, 0) is 24.3 Å². The predicted octanol–water partition coefficient (Wildman–Crippen LogP) is 3.29. The van der Waals surface area contributed by atoms with E-state index < -0.39 is 5.91 Å². The van der Waals surface area contributed by atoms with Gasteiger partial charge in [0.1, 0.15) is 5.69 Å². The zero-order valence-corrected chi connectivity index (χ0v) is 12.0. The smallest absolute Gasteiger partial charge is 0.268 e. The van der Waals surface area contributed by atoms with Crippen LogP contribution in [0.1, 0.15) is 54.1 Å². The molecule has 1 aromatic heterocycles. The second kappa shape index (κ2) is 6.04. The fourth-order valence-electron chi connectivity index (χ4n) is 2.99. The molecule has 0 saturated heterocycles. The summed E-state index contributed by atoms with van der Waals surface area (Å²) in [5.41, 5.74) is 8.48. The van der Waals surface area contributed by atoms with E-state index in [-0.39, 0.29) is 5.69 Å². The van der Waals surface area contributed by atoms with Crippen molar-refractivity contribution in [3.63, 3.8) is 0 Å². The van der Waals surface area contributed by atoms with Gasteiger partial charge in [0.05, 0.1) is 18.1 Å². The molecule has 1 aliphatic rings. The zero-order valence-electron chi connectivity index (χ0n) is 12.0. The first-order valence-corrected chi connectivity index (χ1v) is 7.46. The SMILES string of the molecule is NC(=O)c1cncc(-c2ccc(C3CCCCC3)cc2)n1. The Hall–Kier alpha value is -2.23. The molecule has 2 N–H and O–H groups in total. The molecule has 21 heavy (non-hydrogen) atoms. The molecule has 4 heteroatoms. The number of hydrogen-bond donors (Lipinski definition) is 1. The molecule has 1 fully saturated rings. The Morgan fingerprint density at radius 3 is 2.43 bits per heavy atom. The number of benzene rings is 1. The average molecular weight is 281 g/mol. The molecule has 0 radical (unpaired) electrons. The van der Waals surface area contributed by atoms with Crippen molar-refractivity contribution in [2.24, 2.45) is 5.73 Å². The van der Waals surface area contributed by atoms with Crippen LogP contribution in [0.2, 0.25) is 0 Å². The highest BCUT2D eigenvalue weighted by atomic mass is 16.1. The molecular weight excluding hydrogens is 262 g/mol. The Kier molecular flexibility index (Phi) is 3.95. The summed E-state index contributed by atoms with van der Waals surface area (Å²) in [6.45, 7) is 0. The highest BCUT2D eigenvalue weighted by Crippen LogP contribution is 2.33. The van der Waals surface area contributed by atoms with E-state index in [0.29, 0.717) is 11.6 Å². The average Bonchev–Trinajstić information content (AvgIpc) is 2.56. The Morgan fingerprint density at radius 1 is 1.05 bits per heavy atom. The van der Waals surface area contributed by atoms with E-state index in [9.17, 15) is 4.79 Å². The lowest BCUT2D eigenvalue weighted by Crippen LogP contribution is -2.13. The van der Waals surface area contributed by atoms with Crippen molar-refractivity contribution in [1.82, 2.24) is 9.97 Å². The third-order valence-electron chi connectivity index (χ3n) is 4.17. The number of primary amides is 1. The molecular formula is C17H19N3O. The summed E-state index contributed by atoms with van der Waals surface area (Å²) in [6.07, 6.45) is 9.65. The minimum Gasteiger partial charge on any atom is -0.364 e. The second-order valence-electron chi connectivity index (χ2n) is 5.61. The Balaban J connectivity index is 1.83. The standard InChI is InChI=1S/C17H19N3O/c18-17(21)16-11-19-10-15(20-16)14-8-6-13(7-9-14)12-4-2-1-3-5-12/h6-12H,1-5H2,(H2,18,21). The van der Waals surface area contributed by atoms with Crippen LogP contribution in [0.25, 0.3) is 11.3 Å². The first kappa shape index (κ1) is 13.7. The quantitative estimate of drug-likeness (QED) is 0.938. The second-order valence-corrected chi connectivity index (χ2v) is 5.61. The molecule has 0 aliphatic heterocycles. The number of carbonyl (C=O) groups excluding carboxylic acids is 1. The molecule has 0 atom stereocenters. The summed E-state index contributed by atoms with van der Waals surface area (Å²) >= 11 is 0. The first-order chi connectivity index (χ1) is 10.2. The summed E-state index contributed by atoms with van der Waals surface area (Å²) in [5.74, 6) is 0.138. The predicted molar refractivity (Wildman–Crippen MR) is 81.8 cm³/mol. The van der Waals surface area contributed by atoms with Gasteiger partial charge in [-0.25, -0.2) is 4.98 Å². The molecule has 1 aromatic carbocycles. The van der Waals surface area contributed by atoms with Gasteiger partial charge in [0, 0.05) is 5.56 Å². The highest BCUT2D eigenvalue weighted by molar-refractivity contribution is 5.90. The number of amides is 1. The number of aromatic nitrogens is 2. The maximum atomic E-state index is 11.2. The molecule has 0 unspecified atom stereocenters. The minimum atomic E-state index is -0.553. The van der Waals surface area contributed by atoms with E-state index in [1.807, 2.05) is 0 Å². The van der Waals surface area contributed by atoms with Gasteiger partial charge in [-0.15, -0.1) is 0 Å². The number of nitrogens with two attached hydrogens (primary N) is 1. The molecule has 4 nitrogen and oxygen atoms in total. The third kappa shape index (κ3) is 3.10. The van der Waals surface area contributed by atoms with Crippen LogP contribution in [0.4, 0.5) is 0 Å². The van der Waals surface area contributed by atoms with Crippen molar-refractivity contribution in [1.29, 1.82) is 0 Å². The molecule has 2 aromatic rings. The first-order valence-electron chi connectivity index (χ1n) is 7.46. The van der Waals surface area contributed by atoms with Crippen LogP contribution < -0.4 is 5.73 Å². The topological polar surface area (TPSA) is 68.9 Å². The molecule has 0 spiro atoms. The number of carbonyl (C=O) groups is 1. The van der Waals surface area contributed by atoms with Crippen LogP contribution in [-0.2, 0) is 0 Å². The lowest BCUT2D eigenvalue weighted by molar-refractivity contribution is 0.0995. The fourth-order valence-corrected chi connectivity index (χ4v) is 2.99. The van der Waals surface area contributed by atoms with Gasteiger partial charge in [-0.2, -0.15) is 0 Å². The minimum absolute atomic E-state index is 0.198. The van der Waals surface area contributed by atoms with Gasteiger partial charge in [-0.1, -0.05) is 43.5 Å². The maximum absolute atomic E-state index is 11.2. The Morgan fingerprint density at radius 2 is 1.76 bits per heavy atom. The number of rotatable bonds is 3. The molecule has 3 rings (SSSR count). The summed E-state index contributed by atoms with van der Waals surface area (Å²) in [7, 11) is 0. The van der Waals surface area contributed by atoms with Crippen LogP contribution in [0.3, 0.4) is 0 Å². The van der Waals surface area contributed by atoms with Crippen molar-refractivity contribution in [2.45, 2.75) is 38.0 Å². The van der Waals surface area contributed by atoms with Crippen molar-refractivity contribution in [2.75, 3.05) is 0 Å². The fraction of sp³-hybridized carbons (Fsp3) is 0.353. The number of nitrogens with zero attached hydrogens (tertiary/aromatic N) is 2. The van der Waals surface area contributed by atoms with Crippen LogP contribution in [0.5, 0.6) is 0 Å². The van der Waals surface area contributed by atoms with Crippen molar-refractivity contribution in [3.05, 3.63) is 47.9 Å².